The third-order valence-electron chi connectivity index (χ3n) is 5.09. The maximum absolute atomic E-state index is 6.80. The molecule has 25 heavy (non-hydrogen) atoms. The SMILES string of the molecule is Cc1ccc(C2(CCCN(C)C)OC(C)(C)c3ccccc32)cc1.Cl. The molecule has 1 aliphatic heterocycles. The highest BCUT2D eigenvalue weighted by atomic mass is 35.5. The van der Waals surface area contributed by atoms with Gasteiger partial charge in [0.25, 0.3) is 0 Å². The highest BCUT2D eigenvalue weighted by molar-refractivity contribution is 5.85. The Kier molecular flexibility index (Phi) is 5.98. The zero-order valence-electron chi connectivity index (χ0n) is 16.0. The number of nitrogens with zero attached hydrogens (tertiary/aromatic N) is 1. The highest BCUT2D eigenvalue weighted by Gasteiger charge is 2.49. The first-order chi connectivity index (χ1) is 11.3. The second-order valence-corrected chi connectivity index (χ2v) is 7.76. The lowest BCUT2D eigenvalue weighted by Crippen LogP contribution is -2.31. The third-order valence-corrected chi connectivity index (χ3v) is 5.09. The predicted molar refractivity (Wildman–Crippen MR) is 108 cm³/mol. The minimum atomic E-state index is -0.343. The molecule has 1 unspecified atom stereocenters. The van der Waals surface area contributed by atoms with Crippen LogP contribution in [0.2, 0.25) is 0 Å². The first kappa shape index (κ1) is 20.0. The summed E-state index contributed by atoms with van der Waals surface area (Å²) < 4.78 is 6.80. The predicted octanol–water partition coefficient (Wildman–Crippen LogP) is 5.27. The molecule has 0 N–H and O–H groups in total. The fraction of sp³-hybridized carbons (Fsp3) is 0.455. The first-order valence-electron chi connectivity index (χ1n) is 8.87. The third kappa shape index (κ3) is 3.76. The van der Waals surface area contributed by atoms with Gasteiger partial charge in [-0.3, -0.25) is 0 Å². The average Bonchev–Trinajstić information content (AvgIpc) is 2.77. The molecule has 0 amide bonds. The molecule has 1 atom stereocenters. The van der Waals surface area contributed by atoms with Crippen molar-refractivity contribution in [2.45, 2.75) is 44.8 Å². The molecule has 0 spiro atoms. The van der Waals surface area contributed by atoms with Crippen molar-refractivity contribution in [3.05, 3.63) is 70.8 Å². The van der Waals surface area contributed by atoms with Crippen LogP contribution in [0.15, 0.2) is 48.5 Å². The Labute approximate surface area is 158 Å². The smallest absolute Gasteiger partial charge is 0.120 e. The summed E-state index contributed by atoms with van der Waals surface area (Å²) in [4.78, 5) is 2.24. The summed E-state index contributed by atoms with van der Waals surface area (Å²) in [6.07, 6.45) is 2.10. The molecule has 2 aromatic rings. The largest absolute Gasteiger partial charge is 0.355 e. The van der Waals surface area contributed by atoms with E-state index in [1.807, 2.05) is 0 Å². The molecule has 0 aromatic heterocycles. The topological polar surface area (TPSA) is 12.5 Å². The Balaban J connectivity index is 0.00000225. The van der Waals surface area contributed by atoms with Gasteiger partial charge < -0.3 is 9.64 Å². The van der Waals surface area contributed by atoms with E-state index in [0.717, 1.165) is 19.4 Å². The fourth-order valence-corrected chi connectivity index (χ4v) is 3.92. The Morgan fingerprint density at radius 3 is 2.12 bits per heavy atom. The molecule has 3 heteroatoms. The summed E-state index contributed by atoms with van der Waals surface area (Å²) in [5, 5.41) is 0. The van der Waals surface area contributed by atoms with Crippen LogP contribution >= 0.6 is 12.4 Å². The van der Waals surface area contributed by atoms with Crippen LogP contribution < -0.4 is 0 Å². The van der Waals surface area contributed by atoms with Gasteiger partial charge in [-0.25, -0.2) is 0 Å². The molecule has 3 rings (SSSR count). The van der Waals surface area contributed by atoms with Gasteiger partial charge in [0, 0.05) is 0 Å². The van der Waals surface area contributed by atoms with E-state index in [1.54, 1.807) is 0 Å². The van der Waals surface area contributed by atoms with Crippen LogP contribution in [-0.2, 0) is 15.9 Å². The summed E-state index contributed by atoms with van der Waals surface area (Å²) in [7, 11) is 4.26. The van der Waals surface area contributed by atoms with Crippen molar-refractivity contribution < 1.29 is 4.74 Å². The Hall–Kier alpha value is -1.35. The van der Waals surface area contributed by atoms with Crippen molar-refractivity contribution in [3.8, 4) is 0 Å². The summed E-state index contributed by atoms with van der Waals surface area (Å²) in [6, 6.07) is 17.6. The minimum absolute atomic E-state index is 0. The lowest BCUT2D eigenvalue weighted by molar-refractivity contribution is -0.107. The summed E-state index contributed by atoms with van der Waals surface area (Å²) in [5.41, 5.74) is 4.59. The van der Waals surface area contributed by atoms with Crippen molar-refractivity contribution in [2.75, 3.05) is 20.6 Å². The van der Waals surface area contributed by atoms with Crippen LogP contribution in [0.4, 0.5) is 0 Å². The second kappa shape index (κ2) is 7.49. The van der Waals surface area contributed by atoms with Gasteiger partial charge in [-0.2, -0.15) is 0 Å². The van der Waals surface area contributed by atoms with E-state index >= 15 is 0 Å². The van der Waals surface area contributed by atoms with E-state index in [1.165, 1.54) is 22.3 Å². The van der Waals surface area contributed by atoms with Crippen LogP contribution in [0.25, 0.3) is 0 Å². The molecule has 1 aliphatic rings. The molecule has 0 saturated heterocycles. The van der Waals surface area contributed by atoms with E-state index in [-0.39, 0.29) is 23.6 Å². The number of halogens is 1. The van der Waals surface area contributed by atoms with Crippen LogP contribution in [-0.4, -0.2) is 25.5 Å². The van der Waals surface area contributed by atoms with E-state index in [2.05, 4.69) is 88.3 Å². The quantitative estimate of drug-likeness (QED) is 0.721. The number of aryl methyl sites for hydroxylation is 1. The number of ether oxygens (including phenoxy) is 1. The number of fused-ring (bicyclic) bond motifs is 1. The van der Waals surface area contributed by atoms with Crippen molar-refractivity contribution in [2.24, 2.45) is 0 Å². The van der Waals surface area contributed by atoms with Crippen LogP contribution in [0.5, 0.6) is 0 Å². The Morgan fingerprint density at radius 1 is 0.920 bits per heavy atom. The van der Waals surface area contributed by atoms with Crippen molar-refractivity contribution >= 4 is 12.4 Å². The molecule has 0 aliphatic carbocycles. The van der Waals surface area contributed by atoms with Gasteiger partial charge in [0.05, 0.1) is 5.60 Å². The zero-order valence-corrected chi connectivity index (χ0v) is 16.8. The van der Waals surface area contributed by atoms with E-state index in [4.69, 9.17) is 4.74 Å². The molecule has 136 valence electrons. The summed E-state index contributed by atoms with van der Waals surface area (Å²) >= 11 is 0. The van der Waals surface area contributed by atoms with Crippen molar-refractivity contribution in [1.82, 2.24) is 4.90 Å². The minimum Gasteiger partial charge on any atom is -0.355 e. The number of hydrogen-bond donors (Lipinski definition) is 0. The van der Waals surface area contributed by atoms with Crippen LogP contribution in [0.1, 0.15) is 48.9 Å². The molecular weight excluding hydrogens is 330 g/mol. The zero-order chi connectivity index (χ0) is 17.4. The summed E-state index contributed by atoms with van der Waals surface area (Å²) in [5.74, 6) is 0. The fourth-order valence-electron chi connectivity index (χ4n) is 3.92. The maximum Gasteiger partial charge on any atom is 0.120 e. The lowest BCUT2D eigenvalue weighted by atomic mass is 9.81. The van der Waals surface area contributed by atoms with Crippen LogP contribution in [0.3, 0.4) is 0 Å². The first-order valence-corrected chi connectivity index (χ1v) is 8.87. The van der Waals surface area contributed by atoms with Gasteiger partial charge in [-0.15, -0.1) is 12.4 Å². The molecule has 2 aromatic carbocycles. The molecule has 0 bridgehead atoms. The molecule has 0 radical (unpaired) electrons. The molecular formula is C22H30ClNO. The number of benzene rings is 2. The summed E-state index contributed by atoms with van der Waals surface area (Å²) in [6.45, 7) is 7.58. The molecule has 1 heterocycles. The standard InChI is InChI=1S/C22H29NO.ClH/c1-17-11-13-18(14-12-17)22(15-8-16-23(4)5)20-10-7-6-9-19(20)21(2,3)24-22;/h6-7,9-14H,8,15-16H2,1-5H3;1H. The maximum atomic E-state index is 6.80. The lowest BCUT2D eigenvalue weighted by Gasteiger charge is -2.34. The van der Waals surface area contributed by atoms with Gasteiger partial charge in [0.1, 0.15) is 5.60 Å². The number of hydrogen-bond acceptors (Lipinski definition) is 2. The highest BCUT2D eigenvalue weighted by Crippen LogP contribution is 2.52. The van der Waals surface area contributed by atoms with Gasteiger partial charge in [-0.05, 0) is 70.9 Å². The second-order valence-electron chi connectivity index (χ2n) is 7.76. The van der Waals surface area contributed by atoms with E-state index in [0.29, 0.717) is 0 Å². The van der Waals surface area contributed by atoms with Crippen LogP contribution in [0, 0.1) is 6.92 Å². The van der Waals surface area contributed by atoms with Gasteiger partial charge in [0.15, 0.2) is 0 Å². The van der Waals surface area contributed by atoms with E-state index in [9.17, 15) is 0 Å². The molecule has 0 fully saturated rings. The van der Waals surface area contributed by atoms with Gasteiger partial charge >= 0.3 is 0 Å². The van der Waals surface area contributed by atoms with E-state index < -0.39 is 0 Å². The van der Waals surface area contributed by atoms with Gasteiger partial charge in [0.2, 0.25) is 0 Å². The normalized spacial score (nSPS) is 21.0. The Morgan fingerprint density at radius 2 is 1.52 bits per heavy atom. The molecule has 2 nitrogen and oxygen atoms in total. The van der Waals surface area contributed by atoms with Crippen molar-refractivity contribution in [1.29, 1.82) is 0 Å². The monoisotopic (exact) mass is 359 g/mol. The van der Waals surface area contributed by atoms with Crippen molar-refractivity contribution in [3.63, 3.8) is 0 Å². The Bertz CT molecular complexity index is 708. The van der Waals surface area contributed by atoms with Gasteiger partial charge in [-0.1, -0.05) is 54.1 Å². The molecule has 0 saturated carbocycles. The average molecular weight is 360 g/mol. The number of rotatable bonds is 5.